The number of ether oxygens (including phenoxy) is 1. The summed E-state index contributed by atoms with van der Waals surface area (Å²) in [6.07, 6.45) is -0.593. The Hall–Kier alpha value is -2.37. The van der Waals surface area contributed by atoms with Crippen molar-refractivity contribution < 1.29 is 29.3 Å². The van der Waals surface area contributed by atoms with Crippen LogP contribution in [0.15, 0.2) is 30.3 Å². The Morgan fingerprint density at radius 3 is 1.84 bits per heavy atom. The molecule has 1 aromatic carbocycles. The molecule has 0 fully saturated rings. The fraction of sp³-hybridized carbons (Fsp3) is 0.308. The van der Waals surface area contributed by atoms with E-state index in [1.54, 1.807) is 19.1 Å². The molecule has 1 aromatic rings. The van der Waals surface area contributed by atoms with Gasteiger partial charge in [0.15, 0.2) is 0 Å². The first-order chi connectivity index (χ1) is 8.97. The second-order valence-corrected chi connectivity index (χ2v) is 3.37. The first kappa shape index (κ1) is 16.6. The van der Waals surface area contributed by atoms with Crippen LogP contribution in [0.5, 0.6) is 0 Å². The van der Waals surface area contributed by atoms with E-state index in [-0.39, 0.29) is 18.8 Å². The van der Waals surface area contributed by atoms with E-state index in [1.807, 2.05) is 18.2 Å². The van der Waals surface area contributed by atoms with Crippen LogP contribution >= 0.6 is 0 Å². The molecular formula is C13H16O6. The summed E-state index contributed by atoms with van der Waals surface area (Å²) in [5.41, 5.74) is 0.606. The van der Waals surface area contributed by atoms with Crippen LogP contribution in [0.4, 0.5) is 0 Å². The van der Waals surface area contributed by atoms with Crippen molar-refractivity contribution in [3.63, 3.8) is 0 Å². The zero-order valence-electron chi connectivity index (χ0n) is 10.5. The molecule has 6 heteroatoms. The molecule has 0 spiro atoms. The van der Waals surface area contributed by atoms with Gasteiger partial charge in [0, 0.05) is 0 Å². The minimum Gasteiger partial charge on any atom is -0.481 e. The largest absolute Gasteiger partial charge is 0.481 e. The van der Waals surface area contributed by atoms with E-state index in [0.29, 0.717) is 12.2 Å². The molecule has 0 heterocycles. The van der Waals surface area contributed by atoms with Crippen molar-refractivity contribution in [1.29, 1.82) is 0 Å². The van der Waals surface area contributed by atoms with E-state index in [0.717, 1.165) is 0 Å². The van der Waals surface area contributed by atoms with Crippen LogP contribution in [0.2, 0.25) is 0 Å². The molecule has 6 nitrogen and oxygen atoms in total. The molecule has 0 saturated carbocycles. The van der Waals surface area contributed by atoms with Crippen LogP contribution in [0.3, 0.4) is 0 Å². The lowest BCUT2D eigenvalue weighted by Gasteiger charge is -1.99. The summed E-state index contributed by atoms with van der Waals surface area (Å²) >= 11 is 0. The Morgan fingerprint density at radius 1 is 1.00 bits per heavy atom. The van der Waals surface area contributed by atoms with Gasteiger partial charge in [0.05, 0.1) is 25.0 Å². The first-order valence-corrected chi connectivity index (χ1v) is 5.63. The van der Waals surface area contributed by atoms with Gasteiger partial charge in [-0.25, -0.2) is 4.79 Å². The van der Waals surface area contributed by atoms with E-state index >= 15 is 0 Å². The van der Waals surface area contributed by atoms with Gasteiger partial charge >= 0.3 is 17.9 Å². The molecule has 0 radical (unpaired) electrons. The van der Waals surface area contributed by atoms with Gasteiger partial charge in [0.1, 0.15) is 0 Å². The summed E-state index contributed by atoms with van der Waals surface area (Å²) in [7, 11) is 0. The predicted molar refractivity (Wildman–Crippen MR) is 66.9 cm³/mol. The molecule has 2 N–H and O–H groups in total. The number of carbonyl (C=O) groups excluding carboxylic acids is 1. The number of carbonyl (C=O) groups is 3. The van der Waals surface area contributed by atoms with Crippen molar-refractivity contribution in [1.82, 2.24) is 0 Å². The van der Waals surface area contributed by atoms with Gasteiger partial charge in [-0.2, -0.15) is 0 Å². The maximum absolute atomic E-state index is 11.0. The van der Waals surface area contributed by atoms with Crippen molar-refractivity contribution in [2.75, 3.05) is 6.61 Å². The van der Waals surface area contributed by atoms with Crippen molar-refractivity contribution >= 4 is 17.9 Å². The summed E-state index contributed by atoms with van der Waals surface area (Å²) in [4.78, 5) is 30.3. The Bertz CT molecular complexity index is 398. The molecule has 1 rings (SSSR count). The Labute approximate surface area is 110 Å². The molecule has 104 valence electrons. The highest BCUT2D eigenvalue weighted by molar-refractivity contribution is 5.89. The Morgan fingerprint density at radius 2 is 1.47 bits per heavy atom. The summed E-state index contributed by atoms with van der Waals surface area (Å²) in [5.74, 6) is -2.41. The monoisotopic (exact) mass is 268 g/mol. The Kier molecular flexibility index (Phi) is 8.44. The summed E-state index contributed by atoms with van der Waals surface area (Å²) in [6.45, 7) is 2.22. The topological polar surface area (TPSA) is 101 Å². The number of benzene rings is 1. The fourth-order valence-corrected chi connectivity index (χ4v) is 1.00. The lowest BCUT2D eigenvalue weighted by molar-refractivity contribution is -0.143. The SMILES string of the molecule is CCOC(=O)c1ccccc1.O=C(O)CCC(=O)O. The molecular weight excluding hydrogens is 252 g/mol. The fourth-order valence-electron chi connectivity index (χ4n) is 1.00. The normalized spacial score (nSPS) is 8.89. The number of carboxylic acids is 2. The molecule has 0 amide bonds. The number of esters is 1. The van der Waals surface area contributed by atoms with E-state index in [9.17, 15) is 14.4 Å². The molecule has 0 aromatic heterocycles. The van der Waals surface area contributed by atoms with Crippen molar-refractivity contribution in [2.45, 2.75) is 19.8 Å². The zero-order valence-corrected chi connectivity index (χ0v) is 10.5. The van der Waals surface area contributed by atoms with Crippen LogP contribution < -0.4 is 0 Å². The van der Waals surface area contributed by atoms with Gasteiger partial charge in [0.2, 0.25) is 0 Å². The number of hydrogen-bond donors (Lipinski definition) is 2. The third-order valence-corrected chi connectivity index (χ3v) is 1.84. The molecule has 0 unspecified atom stereocenters. The van der Waals surface area contributed by atoms with Crippen LogP contribution in [0.1, 0.15) is 30.1 Å². The standard InChI is InChI=1S/C9H10O2.C4H6O4/c1-2-11-9(10)8-6-4-3-5-7-8;5-3(6)1-2-4(7)8/h3-7H,2H2,1H3;1-2H2,(H,5,6)(H,7,8). The number of carboxylic acid groups (broad SMARTS) is 2. The number of hydrogen-bond acceptors (Lipinski definition) is 4. The maximum atomic E-state index is 11.0. The Balaban J connectivity index is 0.000000362. The predicted octanol–water partition coefficient (Wildman–Crippen LogP) is 1.80. The smallest absolute Gasteiger partial charge is 0.338 e. The van der Waals surface area contributed by atoms with Gasteiger partial charge in [-0.1, -0.05) is 18.2 Å². The second-order valence-electron chi connectivity index (χ2n) is 3.37. The highest BCUT2D eigenvalue weighted by Gasteiger charge is 2.02. The average Bonchev–Trinajstić information content (AvgIpc) is 2.38. The van der Waals surface area contributed by atoms with E-state index in [4.69, 9.17) is 14.9 Å². The molecule has 19 heavy (non-hydrogen) atoms. The summed E-state index contributed by atoms with van der Waals surface area (Å²) in [6, 6.07) is 8.96. The van der Waals surface area contributed by atoms with Gasteiger partial charge in [0.25, 0.3) is 0 Å². The highest BCUT2D eigenvalue weighted by atomic mass is 16.5. The lowest BCUT2D eigenvalue weighted by Crippen LogP contribution is -2.03. The molecule has 0 aliphatic heterocycles. The summed E-state index contributed by atoms with van der Waals surface area (Å²) < 4.78 is 4.79. The maximum Gasteiger partial charge on any atom is 0.338 e. The molecule has 0 aliphatic carbocycles. The summed E-state index contributed by atoms with van der Waals surface area (Å²) in [5, 5.41) is 15.8. The van der Waals surface area contributed by atoms with Crippen LogP contribution in [0, 0.1) is 0 Å². The second kappa shape index (κ2) is 9.64. The highest BCUT2D eigenvalue weighted by Crippen LogP contribution is 1.99. The van der Waals surface area contributed by atoms with Gasteiger partial charge in [-0.3, -0.25) is 9.59 Å². The van der Waals surface area contributed by atoms with Crippen LogP contribution in [-0.4, -0.2) is 34.7 Å². The minimum absolute atomic E-state index is 0.256. The van der Waals surface area contributed by atoms with Crippen LogP contribution in [0.25, 0.3) is 0 Å². The van der Waals surface area contributed by atoms with Crippen molar-refractivity contribution in [3.05, 3.63) is 35.9 Å². The van der Waals surface area contributed by atoms with Crippen LogP contribution in [-0.2, 0) is 14.3 Å². The first-order valence-electron chi connectivity index (χ1n) is 5.63. The van der Waals surface area contributed by atoms with E-state index < -0.39 is 11.9 Å². The van der Waals surface area contributed by atoms with Gasteiger partial charge in [-0.15, -0.1) is 0 Å². The molecule has 0 saturated heterocycles. The van der Waals surface area contributed by atoms with E-state index in [2.05, 4.69) is 0 Å². The zero-order chi connectivity index (χ0) is 14.7. The number of rotatable bonds is 5. The third kappa shape index (κ3) is 9.34. The quantitative estimate of drug-likeness (QED) is 0.789. The van der Waals surface area contributed by atoms with E-state index in [1.165, 1.54) is 0 Å². The molecule has 0 aliphatic rings. The van der Waals surface area contributed by atoms with Crippen molar-refractivity contribution in [3.8, 4) is 0 Å². The van der Waals surface area contributed by atoms with Gasteiger partial charge < -0.3 is 14.9 Å². The molecule has 0 atom stereocenters. The lowest BCUT2D eigenvalue weighted by atomic mass is 10.2. The molecule has 0 bridgehead atoms. The van der Waals surface area contributed by atoms with Crippen molar-refractivity contribution in [2.24, 2.45) is 0 Å². The minimum atomic E-state index is -1.08. The average molecular weight is 268 g/mol. The van der Waals surface area contributed by atoms with Gasteiger partial charge in [-0.05, 0) is 19.1 Å². The number of aliphatic carboxylic acids is 2. The third-order valence-electron chi connectivity index (χ3n) is 1.84.